The lowest BCUT2D eigenvalue weighted by Gasteiger charge is -2.22. The van der Waals surface area contributed by atoms with Crippen molar-refractivity contribution in [3.05, 3.63) is 30.0 Å². The molecule has 23 heavy (non-hydrogen) atoms. The van der Waals surface area contributed by atoms with Crippen molar-refractivity contribution >= 4 is 20.9 Å². The summed E-state index contributed by atoms with van der Waals surface area (Å²) in [5.74, 6) is 0. The second-order valence-corrected chi connectivity index (χ2v) is 7.82. The van der Waals surface area contributed by atoms with Crippen LogP contribution in [0, 0.1) is 6.92 Å². The normalized spacial score (nSPS) is 23.0. The lowest BCUT2D eigenvalue weighted by Crippen LogP contribution is -2.38. The third kappa shape index (κ3) is 2.48. The Morgan fingerprint density at radius 3 is 2.70 bits per heavy atom. The summed E-state index contributed by atoms with van der Waals surface area (Å²) in [6.07, 6.45) is 0.327. The van der Waals surface area contributed by atoms with Crippen molar-refractivity contribution in [3.63, 3.8) is 0 Å². The fraction of sp³-hybridized carbons (Fsp3) is 0.500. The van der Waals surface area contributed by atoms with Gasteiger partial charge in [-0.15, -0.1) is 0 Å². The van der Waals surface area contributed by atoms with E-state index in [-0.39, 0.29) is 19.3 Å². The van der Waals surface area contributed by atoms with E-state index in [9.17, 15) is 13.5 Å². The molecule has 1 aliphatic heterocycles. The summed E-state index contributed by atoms with van der Waals surface area (Å²) < 4.78 is 35.1. The molecular formula is C16H22N2O4S. The van der Waals surface area contributed by atoms with Crippen molar-refractivity contribution in [3.8, 4) is 0 Å². The maximum atomic E-state index is 13.3. The van der Waals surface area contributed by atoms with Crippen LogP contribution in [0.5, 0.6) is 0 Å². The maximum absolute atomic E-state index is 13.3. The van der Waals surface area contributed by atoms with Crippen molar-refractivity contribution in [2.75, 3.05) is 20.3 Å². The molecule has 2 atom stereocenters. The van der Waals surface area contributed by atoms with Crippen LogP contribution in [0.25, 0.3) is 10.9 Å². The van der Waals surface area contributed by atoms with Crippen LogP contribution in [0.3, 0.4) is 0 Å². The molecule has 0 saturated carbocycles. The largest absolute Gasteiger partial charge is 0.395 e. The number of methoxy groups -OCH3 is 1. The van der Waals surface area contributed by atoms with Gasteiger partial charge in [0.25, 0.3) is 0 Å². The molecule has 1 aromatic heterocycles. The molecular weight excluding hydrogens is 316 g/mol. The minimum absolute atomic E-state index is 0.183. The second kappa shape index (κ2) is 5.90. The first-order valence-corrected chi connectivity index (χ1v) is 9.05. The molecule has 1 aromatic carbocycles. The summed E-state index contributed by atoms with van der Waals surface area (Å²) in [6.45, 7) is 1.88. The molecule has 0 radical (unpaired) electrons. The predicted molar refractivity (Wildman–Crippen MR) is 87.8 cm³/mol. The number of rotatable bonds is 4. The Bertz CT molecular complexity index is 828. The topological polar surface area (TPSA) is 71.8 Å². The van der Waals surface area contributed by atoms with Crippen LogP contribution < -0.4 is 0 Å². The molecule has 126 valence electrons. The summed E-state index contributed by atoms with van der Waals surface area (Å²) in [7, 11) is -0.276. The van der Waals surface area contributed by atoms with Gasteiger partial charge in [-0.05, 0) is 19.4 Å². The molecule has 1 N–H and O–H groups in total. The number of aromatic nitrogens is 1. The number of aliphatic hydroxyl groups is 1. The van der Waals surface area contributed by atoms with Crippen LogP contribution in [0.4, 0.5) is 0 Å². The van der Waals surface area contributed by atoms with Crippen LogP contribution in [-0.4, -0.2) is 54.8 Å². The van der Waals surface area contributed by atoms with Crippen LogP contribution in [0.1, 0.15) is 12.1 Å². The zero-order valence-electron chi connectivity index (χ0n) is 13.6. The molecule has 1 fully saturated rings. The van der Waals surface area contributed by atoms with E-state index in [2.05, 4.69) is 0 Å². The third-order valence-electron chi connectivity index (χ3n) is 4.78. The fourth-order valence-electron chi connectivity index (χ4n) is 3.40. The minimum atomic E-state index is -3.71. The van der Waals surface area contributed by atoms with E-state index >= 15 is 0 Å². The number of ether oxygens (including phenoxy) is 1. The number of aryl methyl sites for hydroxylation is 1. The molecule has 3 rings (SSSR count). The number of para-hydroxylation sites is 1. The maximum Gasteiger partial charge on any atom is 0.245 e. The number of aliphatic hydroxyl groups excluding tert-OH is 1. The molecule has 0 spiro atoms. The van der Waals surface area contributed by atoms with E-state index in [1.807, 2.05) is 42.8 Å². The number of hydrogen-bond acceptors (Lipinski definition) is 4. The van der Waals surface area contributed by atoms with E-state index in [1.165, 1.54) is 4.31 Å². The molecule has 1 saturated heterocycles. The van der Waals surface area contributed by atoms with Crippen molar-refractivity contribution in [1.29, 1.82) is 0 Å². The van der Waals surface area contributed by atoms with Crippen LogP contribution in [0.2, 0.25) is 0 Å². The molecule has 2 aromatic rings. The predicted octanol–water partition coefficient (Wildman–Crippen LogP) is 1.26. The molecule has 7 heteroatoms. The Morgan fingerprint density at radius 1 is 1.35 bits per heavy atom. The molecule has 6 nitrogen and oxygen atoms in total. The van der Waals surface area contributed by atoms with Crippen molar-refractivity contribution < 1.29 is 18.3 Å². The highest BCUT2D eigenvalue weighted by atomic mass is 32.2. The van der Waals surface area contributed by atoms with Crippen molar-refractivity contribution in [2.24, 2.45) is 7.05 Å². The summed E-state index contributed by atoms with van der Waals surface area (Å²) >= 11 is 0. The van der Waals surface area contributed by atoms with Gasteiger partial charge in [0.2, 0.25) is 10.0 Å². The van der Waals surface area contributed by atoms with Crippen LogP contribution in [-0.2, 0) is 21.8 Å². The summed E-state index contributed by atoms with van der Waals surface area (Å²) in [5.41, 5.74) is 1.58. The number of hydrogen-bond donors (Lipinski definition) is 1. The lowest BCUT2D eigenvalue weighted by molar-refractivity contribution is 0.113. The second-order valence-electron chi connectivity index (χ2n) is 6.00. The quantitative estimate of drug-likeness (QED) is 0.911. The first kappa shape index (κ1) is 16.4. The van der Waals surface area contributed by atoms with Gasteiger partial charge in [-0.3, -0.25) is 0 Å². The average Bonchev–Trinajstić information content (AvgIpc) is 3.08. The Labute approximate surface area is 136 Å². The monoisotopic (exact) mass is 338 g/mol. The van der Waals surface area contributed by atoms with Crippen molar-refractivity contribution in [1.82, 2.24) is 8.87 Å². The van der Waals surface area contributed by atoms with Gasteiger partial charge in [-0.2, -0.15) is 4.31 Å². The van der Waals surface area contributed by atoms with Gasteiger partial charge >= 0.3 is 0 Å². The summed E-state index contributed by atoms with van der Waals surface area (Å²) in [5, 5.41) is 10.3. The van der Waals surface area contributed by atoms with Crippen LogP contribution in [0.15, 0.2) is 29.2 Å². The minimum Gasteiger partial charge on any atom is -0.395 e. The molecule has 2 heterocycles. The number of sulfonamides is 1. The average molecular weight is 338 g/mol. The molecule has 0 bridgehead atoms. The third-order valence-corrected chi connectivity index (χ3v) is 6.87. The first-order chi connectivity index (χ1) is 10.9. The highest BCUT2D eigenvalue weighted by molar-refractivity contribution is 7.89. The van der Waals surface area contributed by atoms with Crippen LogP contribution >= 0.6 is 0 Å². The van der Waals surface area contributed by atoms with Gasteiger partial charge in [-0.25, -0.2) is 8.42 Å². The van der Waals surface area contributed by atoms with E-state index in [4.69, 9.17) is 4.74 Å². The zero-order chi connectivity index (χ0) is 16.8. The highest BCUT2D eigenvalue weighted by Crippen LogP contribution is 2.34. The number of nitrogens with zero attached hydrogens (tertiary/aromatic N) is 2. The zero-order valence-corrected chi connectivity index (χ0v) is 14.4. The van der Waals surface area contributed by atoms with Gasteiger partial charge < -0.3 is 14.4 Å². The first-order valence-electron chi connectivity index (χ1n) is 7.61. The molecule has 1 aliphatic rings. The fourth-order valence-corrected chi connectivity index (χ4v) is 5.51. The number of fused-ring (bicyclic) bond motifs is 1. The lowest BCUT2D eigenvalue weighted by atomic mass is 10.2. The summed E-state index contributed by atoms with van der Waals surface area (Å²) in [6, 6.07) is 7.03. The highest BCUT2D eigenvalue weighted by Gasteiger charge is 2.41. The number of benzene rings is 1. The van der Waals surface area contributed by atoms with Gasteiger partial charge in [0.15, 0.2) is 0 Å². The van der Waals surface area contributed by atoms with E-state index in [0.717, 1.165) is 5.52 Å². The molecule has 0 amide bonds. The molecule has 0 unspecified atom stereocenters. The standard InChI is InChI=1S/C16H22N2O4S/c1-11-16(14-6-4-5-7-15(14)17(11)2)23(20,21)18-9-13(22-3)8-12(18)10-19/h4-7,12-13,19H,8-10H2,1-3H3/t12-,13+/m0/s1. The SMILES string of the molecule is CO[C@@H]1C[C@@H](CO)N(S(=O)(=O)c2c(C)n(C)c3ccccc23)C1. The summed E-state index contributed by atoms with van der Waals surface area (Å²) in [4.78, 5) is 0.325. The van der Waals surface area contributed by atoms with E-state index in [0.29, 0.717) is 22.4 Å². The van der Waals surface area contributed by atoms with Gasteiger partial charge in [0.1, 0.15) is 4.90 Å². The Balaban J connectivity index is 2.16. The van der Waals surface area contributed by atoms with E-state index < -0.39 is 16.1 Å². The van der Waals surface area contributed by atoms with E-state index in [1.54, 1.807) is 7.11 Å². The molecule has 0 aliphatic carbocycles. The van der Waals surface area contributed by atoms with Gasteiger partial charge in [0.05, 0.1) is 18.8 Å². The Hall–Kier alpha value is -1.41. The Kier molecular flexibility index (Phi) is 4.22. The van der Waals surface area contributed by atoms with Crippen molar-refractivity contribution in [2.45, 2.75) is 30.4 Å². The Morgan fingerprint density at radius 2 is 2.04 bits per heavy atom. The van der Waals surface area contributed by atoms with Gasteiger partial charge in [0, 0.05) is 37.3 Å². The smallest absolute Gasteiger partial charge is 0.245 e. The van der Waals surface area contributed by atoms with Gasteiger partial charge in [-0.1, -0.05) is 18.2 Å².